The molecule has 1 aliphatic rings. The smallest absolute Gasteiger partial charge is 0.138 e. The fourth-order valence-electron chi connectivity index (χ4n) is 1.94. The Bertz CT molecular complexity index is 387. The van der Waals surface area contributed by atoms with Crippen LogP contribution < -0.4 is 10.5 Å². The average Bonchev–Trinajstić information content (AvgIpc) is 2.68. The molecule has 0 spiro atoms. The summed E-state index contributed by atoms with van der Waals surface area (Å²) in [5, 5.41) is 1.17. The highest BCUT2D eigenvalue weighted by Crippen LogP contribution is 2.27. The number of likely N-dealkylation sites (tertiary alicyclic amines) is 1. The third kappa shape index (κ3) is 3.75. The molecule has 1 aromatic carbocycles. The maximum atomic E-state index is 6.01. The molecule has 0 saturated carbocycles. The van der Waals surface area contributed by atoms with Gasteiger partial charge in [-0.25, -0.2) is 0 Å². The van der Waals surface area contributed by atoms with Gasteiger partial charge in [-0.1, -0.05) is 23.2 Å². The fourth-order valence-corrected chi connectivity index (χ4v) is 2.41. The number of rotatable bonds is 4. The van der Waals surface area contributed by atoms with Gasteiger partial charge >= 0.3 is 0 Å². The topological polar surface area (TPSA) is 38.5 Å². The van der Waals surface area contributed by atoms with E-state index < -0.39 is 0 Å². The predicted octanol–water partition coefficient (Wildman–Crippen LogP) is 2.41. The highest BCUT2D eigenvalue weighted by molar-refractivity contribution is 6.35. The van der Waals surface area contributed by atoms with Crippen LogP contribution in [0.3, 0.4) is 0 Å². The molecule has 94 valence electrons. The van der Waals surface area contributed by atoms with Crippen LogP contribution in [0.4, 0.5) is 0 Å². The van der Waals surface area contributed by atoms with E-state index in [2.05, 4.69) is 4.90 Å². The summed E-state index contributed by atoms with van der Waals surface area (Å²) in [6.07, 6.45) is 1.07. The lowest BCUT2D eigenvalue weighted by Gasteiger charge is -2.15. The minimum Gasteiger partial charge on any atom is -0.491 e. The van der Waals surface area contributed by atoms with Gasteiger partial charge in [-0.05, 0) is 31.2 Å². The van der Waals surface area contributed by atoms with Crippen LogP contribution in [0.2, 0.25) is 10.0 Å². The summed E-state index contributed by atoms with van der Waals surface area (Å²) in [4.78, 5) is 2.30. The van der Waals surface area contributed by atoms with Crippen molar-refractivity contribution in [1.82, 2.24) is 4.90 Å². The lowest BCUT2D eigenvalue weighted by atomic mass is 10.3. The molecule has 0 aliphatic carbocycles. The van der Waals surface area contributed by atoms with Crippen molar-refractivity contribution >= 4 is 23.2 Å². The summed E-state index contributed by atoms with van der Waals surface area (Å²) in [5.74, 6) is 0.680. The molecule has 1 aromatic rings. The second kappa shape index (κ2) is 5.91. The standard InChI is InChI=1S/C12H16Cl2N2O/c13-9-1-2-12(11(14)7-9)17-6-5-16-4-3-10(15)8-16/h1-2,7,10H,3-6,8,15H2/t10-/m0/s1. The Morgan fingerprint density at radius 2 is 2.24 bits per heavy atom. The van der Waals surface area contributed by atoms with Crippen LogP contribution in [-0.4, -0.2) is 37.2 Å². The Hall–Kier alpha value is -0.480. The summed E-state index contributed by atoms with van der Waals surface area (Å²) in [7, 11) is 0. The third-order valence-corrected chi connectivity index (χ3v) is 3.40. The number of halogens is 2. The zero-order valence-corrected chi connectivity index (χ0v) is 11.0. The summed E-state index contributed by atoms with van der Waals surface area (Å²) < 4.78 is 5.62. The van der Waals surface area contributed by atoms with Crippen molar-refractivity contribution in [2.45, 2.75) is 12.5 Å². The monoisotopic (exact) mass is 274 g/mol. The Labute approximate surface area is 111 Å². The van der Waals surface area contributed by atoms with Crippen LogP contribution in [0.15, 0.2) is 18.2 Å². The van der Waals surface area contributed by atoms with Gasteiger partial charge in [-0.15, -0.1) is 0 Å². The number of hydrogen-bond donors (Lipinski definition) is 1. The highest BCUT2D eigenvalue weighted by Gasteiger charge is 2.18. The molecule has 0 aromatic heterocycles. The maximum absolute atomic E-state index is 6.01. The molecule has 1 heterocycles. The summed E-state index contributed by atoms with van der Waals surface area (Å²) in [6.45, 7) is 3.51. The van der Waals surface area contributed by atoms with Crippen LogP contribution in [0, 0.1) is 0 Å². The average molecular weight is 275 g/mol. The van der Waals surface area contributed by atoms with Gasteiger partial charge in [0, 0.05) is 24.2 Å². The highest BCUT2D eigenvalue weighted by atomic mass is 35.5. The zero-order chi connectivity index (χ0) is 12.3. The van der Waals surface area contributed by atoms with Crippen molar-refractivity contribution in [2.75, 3.05) is 26.2 Å². The SMILES string of the molecule is N[C@H]1CCN(CCOc2ccc(Cl)cc2Cl)C1. The number of nitrogens with zero attached hydrogens (tertiary/aromatic N) is 1. The molecule has 2 rings (SSSR count). The Kier molecular flexibility index (Phi) is 4.51. The molecule has 17 heavy (non-hydrogen) atoms. The second-order valence-corrected chi connectivity index (χ2v) is 5.12. The normalized spacial score (nSPS) is 20.8. The summed E-state index contributed by atoms with van der Waals surface area (Å²) in [6, 6.07) is 5.56. The Morgan fingerprint density at radius 3 is 2.88 bits per heavy atom. The first-order valence-electron chi connectivity index (χ1n) is 5.71. The zero-order valence-electron chi connectivity index (χ0n) is 9.53. The number of benzene rings is 1. The molecule has 0 bridgehead atoms. The van der Waals surface area contributed by atoms with E-state index in [-0.39, 0.29) is 0 Å². The quantitative estimate of drug-likeness (QED) is 0.917. The van der Waals surface area contributed by atoms with Crippen molar-refractivity contribution in [2.24, 2.45) is 5.73 Å². The van der Waals surface area contributed by atoms with Crippen LogP contribution in [0.25, 0.3) is 0 Å². The van der Waals surface area contributed by atoms with Crippen molar-refractivity contribution < 1.29 is 4.74 Å². The van der Waals surface area contributed by atoms with Gasteiger partial charge < -0.3 is 10.5 Å². The number of nitrogens with two attached hydrogens (primary N) is 1. The van der Waals surface area contributed by atoms with E-state index in [1.54, 1.807) is 18.2 Å². The molecule has 1 aliphatic heterocycles. The van der Waals surface area contributed by atoms with E-state index >= 15 is 0 Å². The molecule has 1 atom stereocenters. The van der Waals surface area contributed by atoms with Gasteiger partial charge in [0.05, 0.1) is 5.02 Å². The van der Waals surface area contributed by atoms with Gasteiger partial charge in [0.25, 0.3) is 0 Å². The summed E-state index contributed by atoms with van der Waals surface area (Å²) in [5.41, 5.74) is 5.83. The largest absolute Gasteiger partial charge is 0.491 e. The fraction of sp³-hybridized carbons (Fsp3) is 0.500. The Balaban J connectivity index is 1.78. The van der Waals surface area contributed by atoms with Crippen molar-refractivity contribution in [3.8, 4) is 5.75 Å². The minimum atomic E-state index is 0.314. The molecule has 0 unspecified atom stereocenters. The molecule has 3 nitrogen and oxygen atoms in total. The van der Waals surface area contributed by atoms with E-state index in [4.69, 9.17) is 33.7 Å². The van der Waals surface area contributed by atoms with Gasteiger partial charge in [0.15, 0.2) is 0 Å². The van der Waals surface area contributed by atoms with E-state index in [1.165, 1.54) is 0 Å². The molecule has 1 fully saturated rings. The lowest BCUT2D eigenvalue weighted by Crippen LogP contribution is -2.29. The van der Waals surface area contributed by atoms with Crippen molar-refractivity contribution in [3.05, 3.63) is 28.2 Å². The van der Waals surface area contributed by atoms with E-state index in [9.17, 15) is 0 Å². The lowest BCUT2D eigenvalue weighted by molar-refractivity contribution is 0.236. The maximum Gasteiger partial charge on any atom is 0.138 e. The third-order valence-electron chi connectivity index (χ3n) is 2.87. The predicted molar refractivity (Wildman–Crippen MR) is 71.0 cm³/mol. The first-order valence-corrected chi connectivity index (χ1v) is 6.46. The Morgan fingerprint density at radius 1 is 1.41 bits per heavy atom. The molecular weight excluding hydrogens is 259 g/mol. The van der Waals surface area contributed by atoms with E-state index in [0.717, 1.165) is 26.1 Å². The molecule has 2 N–H and O–H groups in total. The van der Waals surface area contributed by atoms with Crippen LogP contribution in [-0.2, 0) is 0 Å². The molecule has 0 amide bonds. The van der Waals surface area contributed by atoms with Crippen LogP contribution in [0.5, 0.6) is 5.75 Å². The van der Waals surface area contributed by atoms with Gasteiger partial charge in [-0.3, -0.25) is 4.90 Å². The van der Waals surface area contributed by atoms with Gasteiger partial charge in [0.1, 0.15) is 12.4 Å². The second-order valence-electron chi connectivity index (χ2n) is 4.27. The van der Waals surface area contributed by atoms with Crippen molar-refractivity contribution in [1.29, 1.82) is 0 Å². The molecule has 0 radical (unpaired) electrons. The summed E-state index contributed by atoms with van der Waals surface area (Å²) >= 11 is 11.8. The first kappa shape index (κ1) is 13.0. The molecule has 1 saturated heterocycles. The molecular formula is C12H16Cl2N2O. The number of hydrogen-bond acceptors (Lipinski definition) is 3. The van der Waals surface area contributed by atoms with Crippen LogP contribution in [0.1, 0.15) is 6.42 Å². The molecule has 5 heteroatoms. The van der Waals surface area contributed by atoms with Gasteiger partial charge in [-0.2, -0.15) is 0 Å². The van der Waals surface area contributed by atoms with E-state index in [1.807, 2.05) is 0 Å². The van der Waals surface area contributed by atoms with Crippen molar-refractivity contribution in [3.63, 3.8) is 0 Å². The first-order chi connectivity index (χ1) is 8.15. The minimum absolute atomic E-state index is 0.314. The number of ether oxygens (including phenoxy) is 1. The van der Waals surface area contributed by atoms with Gasteiger partial charge in [0.2, 0.25) is 0 Å². The van der Waals surface area contributed by atoms with E-state index in [0.29, 0.717) is 28.4 Å². The van der Waals surface area contributed by atoms with Crippen LogP contribution >= 0.6 is 23.2 Å².